The SMILES string of the molecule is O=[N+]([O-])c1ccc(NN=C2[C@H]3[C@@H]4C[C@@H]5[C@@H]6[C@@H](I)[C@H]([C@H]2[C@H]46)[C@@H]53)c([N+](=O)[O-])c1. The summed E-state index contributed by atoms with van der Waals surface area (Å²) in [4.78, 5) is 20.9. The van der Waals surface area contributed by atoms with Crippen LogP contribution in [0.15, 0.2) is 23.3 Å². The number of benzene rings is 1. The minimum absolute atomic E-state index is 0.220. The molecule has 0 heterocycles. The summed E-state index contributed by atoms with van der Waals surface area (Å²) in [6.45, 7) is 0. The molecule has 6 aliphatic rings. The van der Waals surface area contributed by atoms with Crippen molar-refractivity contribution in [1.29, 1.82) is 0 Å². The van der Waals surface area contributed by atoms with E-state index in [1.54, 1.807) is 0 Å². The summed E-state index contributed by atoms with van der Waals surface area (Å²) in [5, 5.41) is 26.8. The van der Waals surface area contributed by atoms with Crippen molar-refractivity contribution in [3.8, 4) is 0 Å². The summed E-state index contributed by atoms with van der Waals surface area (Å²) in [7, 11) is 0. The second kappa shape index (κ2) is 4.73. The van der Waals surface area contributed by atoms with Crippen LogP contribution in [-0.2, 0) is 0 Å². The van der Waals surface area contributed by atoms with Gasteiger partial charge in [-0.05, 0) is 48.0 Å². The molecule has 0 radical (unpaired) electrons. The molecule has 6 saturated carbocycles. The number of alkyl halides is 1. The monoisotopic (exact) mass is 466 g/mol. The van der Waals surface area contributed by atoms with Crippen molar-refractivity contribution in [3.63, 3.8) is 0 Å². The lowest BCUT2D eigenvalue weighted by Gasteiger charge is -2.32. The van der Waals surface area contributed by atoms with E-state index >= 15 is 0 Å². The molecule has 6 fully saturated rings. The second-order valence-electron chi connectivity index (χ2n) is 8.23. The number of non-ortho nitro benzene ring substituents is 1. The third-order valence-corrected chi connectivity index (χ3v) is 9.40. The number of hydrazone groups is 1. The van der Waals surface area contributed by atoms with Crippen LogP contribution in [0.3, 0.4) is 0 Å². The van der Waals surface area contributed by atoms with Crippen molar-refractivity contribution in [3.05, 3.63) is 38.4 Å². The molecule has 9 atom stereocenters. The van der Waals surface area contributed by atoms with Crippen molar-refractivity contribution in [2.75, 3.05) is 5.43 Å². The molecule has 6 aliphatic carbocycles. The number of nitro benzene ring substituents is 2. The molecule has 0 aliphatic heterocycles. The van der Waals surface area contributed by atoms with Crippen LogP contribution < -0.4 is 5.43 Å². The molecule has 1 N–H and O–H groups in total. The van der Waals surface area contributed by atoms with Crippen molar-refractivity contribution < 1.29 is 9.85 Å². The number of halogens is 1. The molecule has 7 rings (SSSR count). The van der Waals surface area contributed by atoms with Gasteiger partial charge in [-0.2, -0.15) is 5.10 Å². The van der Waals surface area contributed by atoms with Gasteiger partial charge in [0.1, 0.15) is 5.69 Å². The van der Waals surface area contributed by atoms with Crippen LogP contribution in [0.1, 0.15) is 6.42 Å². The second-order valence-corrected chi connectivity index (χ2v) is 9.67. The van der Waals surface area contributed by atoms with Crippen LogP contribution in [0.4, 0.5) is 17.1 Å². The predicted octanol–water partition coefficient (Wildman–Crippen LogP) is 3.46. The molecule has 0 unspecified atom stereocenters. The minimum Gasteiger partial charge on any atom is -0.272 e. The molecule has 0 saturated heterocycles. The summed E-state index contributed by atoms with van der Waals surface area (Å²) < 4.78 is 0.758. The van der Waals surface area contributed by atoms with E-state index in [1.165, 1.54) is 24.3 Å². The Kier molecular flexibility index (Phi) is 2.78. The lowest BCUT2D eigenvalue weighted by molar-refractivity contribution is -0.393. The van der Waals surface area contributed by atoms with E-state index in [0.717, 1.165) is 45.5 Å². The van der Waals surface area contributed by atoms with Gasteiger partial charge in [-0.3, -0.25) is 25.7 Å². The number of hydrogen-bond acceptors (Lipinski definition) is 6. The zero-order valence-electron chi connectivity index (χ0n) is 13.5. The van der Waals surface area contributed by atoms with Gasteiger partial charge < -0.3 is 0 Å². The first-order valence-electron chi connectivity index (χ1n) is 8.89. The molecule has 1 aromatic carbocycles. The third kappa shape index (κ3) is 1.55. The normalized spacial score (nSPS) is 46.8. The van der Waals surface area contributed by atoms with Crippen LogP contribution in [0.25, 0.3) is 0 Å². The lowest BCUT2D eigenvalue weighted by atomic mass is 9.71. The molecule has 1 aromatic rings. The maximum atomic E-state index is 11.3. The zero-order valence-corrected chi connectivity index (χ0v) is 15.6. The minimum atomic E-state index is -0.626. The maximum absolute atomic E-state index is 11.3. The highest BCUT2D eigenvalue weighted by molar-refractivity contribution is 14.1. The number of nitro groups is 2. The lowest BCUT2D eigenvalue weighted by Crippen LogP contribution is -2.30. The molecular formula is C17H15IN4O4. The van der Waals surface area contributed by atoms with Gasteiger partial charge in [0, 0.05) is 27.5 Å². The number of anilines is 1. The molecule has 134 valence electrons. The van der Waals surface area contributed by atoms with Crippen LogP contribution in [0, 0.1) is 67.6 Å². The number of hydrogen-bond donors (Lipinski definition) is 1. The first-order valence-corrected chi connectivity index (χ1v) is 10.1. The highest BCUT2D eigenvalue weighted by Gasteiger charge is 2.82. The summed E-state index contributed by atoms with van der Waals surface area (Å²) >= 11 is 2.65. The number of rotatable bonds is 4. The Morgan fingerprint density at radius 2 is 1.81 bits per heavy atom. The Labute approximate surface area is 161 Å². The summed E-state index contributed by atoms with van der Waals surface area (Å²) in [6, 6.07) is 3.65. The van der Waals surface area contributed by atoms with Gasteiger partial charge in [0.25, 0.3) is 5.69 Å². The van der Waals surface area contributed by atoms with Gasteiger partial charge in [0.05, 0.1) is 15.9 Å². The predicted molar refractivity (Wildman–Crippen MR) is 101 cm³/mol. The van der Waals surface area contributed by atoms with E-state index in [0.29, 0.717) is 11.8 Å². The Balaban J connectivity index is 1.35. The Hall–Kier alpha value is -1.78. The van der Waals surface area contributed by atoms with Gasteiger partial charge in [-0.15, -0.1) is 0 Å². The summed E-state index contributed by atoms with van der Waals surface area (Å²) in [5.74, 6) is 5.89. The summed E-state index contributed by atoms with van der Waals surface area (Å²) in [6.07, 6.45) is 1.34. The van der Waals surface area contributed by atoms with Crippen LogP contribution in [0.2, 0.25) is 0 Å². The van der Waals surface area contributed by atoms with Crippen LogP contribution in [-0.4, -0.2) is 19.5 Å². The van der Waals surface area contributed by atoms with Crippen molar-refractivity contribution in [1.82, 2.24) is 0 Å². The highest BCUT2D eigenvalue weighted by atomic mass is 127. The average molecular weight is 466 g/mol. The van der Waals surface area contributed by atoms with Crippen LogP contribution >= 0.6 is 22.6 Å². The molecule has 8 nitrogen and oxygen atoms in total. The summed E-state index contributed by atoms with van der Waals surface area (Å²) in [5.41, 5.74) is 3.72. The Morgan fingerprint density at radius 1 is 1.04 bits per heavy atom. The topological polar surface area (TPSA) is 111 Å². The standard InChI is InChI=1S/C17H15IN4O4/c18-16-12-6-4-7-10(12)15-14(16)11(6)13(7)17(15)20-19-8-2-1-5(21(23)24)3-9(8)22(25)26/h1-3,6-7,10-16,19H,4H2/t6-,7+,10+,11-,12-,13-,14-,15+,16+/m0/s1. The molecule has 0 spiro atoms. The third-order valence-electron chi connectivity index (χ3n) is 7.73. The largest absolute Gasteiger partial charge is 0.301 e. The van der Waals surface area contributed by atoms with Gasteiger partial charge >= 0.3 is 5.69 Å². The fourth-order valence-corrected chi connectivity index (χ4v) is 9.32. The van der Waals surface area contributed by atoms with Gasteiger partial charge in [-0.25, -0.2) is 0 Å². The first kappa shape index (κ1) is 15.3. The first-order chi connectivity index (χ1) is 12.5. The highest BCUT2D eigenvalue weighted by Crippen LogP contribution is 2.82. The van der Waals surface area contributed by atoms with E-state index in [-0.39, 0.29) is 17.1 Å². The van der Waals surface area contributed by atoms with Gasteiger partial charge in [0.15, 0.2) is 0 Å². The van der Waals surface area contributed by atoms with E-state index in [1.807, 2.05) is 0 Å². The van der Waals surface area contributed by atoms with E-state index in [9.17, 15) is 20.2 Å². The Morgan fingerprint density at radius 3 is 2.50 bits per heavy atom. The molecule has 0 amide bonds. The fraction of sp³-hybridized carbons (Fsp3) is 0.588. The Bertz CT molecular complexity index is 918. The number of nitrogens with one attached hydrogen (secondary N) is 1. The molecule has 6 bridgehead atoms. The van der Waals surface area contributed by atoms with Gasteiger partial charge in [0.2, 0.25) is 0 Å². The smallest absolute Gasteiger partial charge is 0.272 e. The average Bonchev–Trinajstić information content (AvgIpc) is 3.35. The van der Waals surface area contributed by atoms with Gasteiger partial charge in [-0.1, -0.05) is 22.6 Å². The number of nitrogens with zero attached hydrogens (tertiary/aromatic N) is 3. The maximum Gasteiger partial charge on any atom is 0.301 e. The fourth-order valence-electron chi connectivity index (χ4n) is 7.38. The van der Waals surface area contributed by atoms with E-state index in [2.05, 4.69) is 33.1 Å². The quantitative estimate of drug-likeness (QED) is 0.316. The van der Waals surface area contributed by atoms with Crippen molar-refractivity contribution in [2.24, 2.45) is 52.4 Å². The zero-order chi connectivity index (χ0) is 17.9. The molecule has 0 aromatic heterocycles. The van der Waals surface area contributed by atoms with Crippen molar-refractivity contribution in [2.45, 2.75) is 10.3 Å². The van der Waals surface area contributed by atoms with E-state index in [4.69, 9.17) is 0 Å². The van der Waals surface area contributed by atoms with E-state index < -0.39 is 9.85 Å². The van der Waals surface area contributed by atoms with Crippen molar-refractivity contribution >= 4 is 45.4 Å². The molecular weight excluding hydrogens is 451 g/mol. The molecule has 9 heteroatoms. The van der Waals surface area contributed by atoms with Crippen LogP contribution in [0.5, 0.6) is 0 Å². The molecule has 26 heavy (non-hydrogen) atoms.